The van der Waals surface area contributed by atoms with Gasteiger partial charge >= 0.3 is 0 Å². The number of aromatic nitrogens is 4. The average molecular weight is 308 g/mol. The van der Waals surface area contributed by atoms with E-state index in [1.165, 1.54) is 18.9 Å². The summed E-state index contributed by atoms with van der Waals surface area (Å²) < 4.78 is 12.0. The van der Waals surface area contributed by atoms with Crippen LogP contribution in [0.15, 0.2) is 23.4 Å². The van der Waals surface area contributed by atoms with Crippen molar-refractivity contribution in [2.45, 2.75) is 18.6 Å². The average Bonchev–Trinajstić information content (AvgIpc) is 2.99. The number of ether oxygens (including phenoxy) is 2. The van der Waals surface area contributed by atoms with Crippen molar-refractivity contribution in [3.63, 3.8) is 0 Å². The summed E-state index contributed by atoms with van der Waals surface area (Å²) in [6.07, 6.45) is 0. The molecule has 0 spiro atoms. The molecule has 112 valence electrons. The van der Waals surface area contributed by atoms with E-state index < -0.39 is 0 Å². The van der Waals surface area contributed by atoms with Crippen LogP contribution in [0.2, 0.25) is 0 Å². The number of Topliss-reactive ketones (excluding diaryl/α,β-unsaturated/α-hetero) is 1. The van der Waals surface area contributed by atoms with E-state index >= 15 is 0 Å². The number of aryl methyl sites for hydroxylation is 1. The molecule has 0 aliphatic heterocycles. The van der Waals surface area contributed by atoms with Crippen LogP contribution in [0.4, 0.5) is 0 Å². The van der Waals surface area contributed by atoms with Gasteiger partial charge < -0.3 is 9.47 Å². The third-order valence-electron chi connectivity index (χ3n) is 2.84. The summed E-state index contributed by atoms with van der Waals surface area (Å²) in [4.78, 5) is 12.3. The van der Waals surface area contributed by atoms with Crippen molar-refractivity contribution in [3.05, 3.63) is 23.8 Å². The van der Waals surface area contributed by atoms with Crippen molar-refractivity contribution < 1.29 is 14.3 Å². The Morgan fingerprint density at radius 3 is 2.81 bits per heavy atom. The molecule has 0 aliphatic rings. The summed E-state index contributed by atoms with van der Waals surface area (Å²) in [5.41, 5.74) is 0.515. The molecule has 2 aromatic rings. The fourth-order valence-corrected chi connectivity index (χ4v) is 2.56. The van der Waals surface area contributed by atoms with E-state index in [1.807, 2.05) is 6.92 Å². The Balaban J connectivity index is 2.10. The molecule has 2 rings (SSSR count). The van der Waals surface area contributed by atoms with E-state index in [2.05, 4.69) is 15.5 Å². The zero-order valence-corrected chi connectivity index (χ0v) is 12.9. The Morgan fingerprint density at radius 1 is 1.33 bits per heavy atom. The number of carbonyl (C=O) groups is 1. The second-order valence-corrected chi connectivity index (χ2v) is 5.00. The van der Waals surface area contributed by atoms with Gasteiger partial charge in [0, 0.05) is 12.6 Å². The summed E-state index contributed by atoms with van der Waals surface area (Å²) in [6.45, 7) is 2.60. The highest BCUT2D eigenvalue weighted by molar-refractivity contribution is 7.99. The molecule has 0 amide bonds. The van der Waals surface area contributed by atoms with Gasteiger partial charge in [0.1, 0.15) is 11.5 Å². The standard InChI is InChI=1S/C13H16N4O3S/c1-4-17-13(14-15-16-17)21-8-11(18)10-6-5-9(19-2)7-12(10)20-3/h5-7H,4,8H2,1-3H3. The molecule has 0 N–H and O–H groups in total. The summed E-state index contributed by atoms with van der Waals surface area (Å²) in [6, 6.07) is 5.12. The molecule has 0 bridgehead atoms. The van der Waals surface area contributed by atoms with Gasteiger partial charge in [-0.2, -0.15) is 0 Å². The summed E-state index contributed by atoms with van der Waals surface area (Å²) >= 11 is 1.30. The van der Waals surface area contributed by atoms with Gasteiger partial charge in [-0.25, -0.2) is 4.68 Å². The SMILES string of the molecule is CCn1nnnc1SCC(=O)c1ccc(OC)cc1OC. The smallest absolute Gasteiger partial charge is 0.209 e. The number of hydrogen-bond acceptors (Lipinski definition) is 7. The van der Waals surface area contributed by atoms with E-state index in [-0.39, 0.29) is 11.5 Å². The Morgan fingerprint density at radius 2 is 2.14 bits per heavy atom. The summed E-state index contributed by atoms with van der Waals surface area (Å²) in [7, 11) is 3.09. The highest BCUT2D eigenvalue weighted by Gasteiger charge is 2.15. The molecule has 0 saturated carbocycles. The lowest BCUT2D eigenvalue weighted by molar-refractivity contribution is 0.101. The van der Waals surface area contributed by atoms with Gasteiger partial charge in [-0.1, -0.05) is 11.8 Å². The lowest BCUT2D eigenvalue weighted by atomic mass is 10.1. The van der Waals surface area contributed by atoms with Gasteiger partial charge in [-0.3, -0.25) is 4.79 Å². The van der Waals surface area contributed by atoms with Crippen LogP contribution in [0.25, 0.3) is 0 Å². The van der Waals surface area contributed by atoms with E-state index in [9.17, 15) is 4.79 Å². The molecule has 0 saturated heterocycles. The number of nitrogens with zero attached hydrogens (tertiary/aromatic N) is 4. The first kappa shape index (κ1) is 15.3. The van der Waals surface area contributed by atoms with Gasteiger partial charge in [0.05, 0.1) is 25.5 Å². The number of carbonyl (C=O) groups excluding carboxylic acids is 1. The fraction of sp³-hybridized carbons (Fsp3) is 0.385. The molecule has 0 unspecified atom stereocenters. The molecular formula is C13H16N4O3S. The molecule has 1 aromatic carbocycles. The lowest BCUT2D eigenvalue weighted by Crippen LogP contribution is -2.07. The first-order valence-corrected chi connectivity index (χ1v) is 7.32. The maximum atomic E-state index is 12.3. The number of ketones is 1. The zero-order chi connectivity index (χ0) is 15.2. The third-order valence-corrected chi connectivity index (χ3v) is 3.80. The van der Waals surface area contributed by atoms with Gasteiger partial charge in [0.2, 0.25) is 5.16 Å². The van der Waals surface area contributed by atoms with Crippen LogP contribution in [-0.4, -0.2) is 46.0 Å². The highest BCUT2D eigenvalue weighted by atomic mass is 32.2. The predicted molar refractivity (Wildman–Crippen MR) is 78.1 cm³/mol. The second-order valence-electron chi connectivity index (χ2n) is 4.06. The van der Waals surface area contributed by atoms with Crippen LogP contribution >= 0.6 is 11.8 Å². The highest BCUT2D eigenvalue weighted by Crippen LogP contribution is 2.26. The van der Waals surface area contributed by atoms with E-state index in [0.717, 1.165) is 0 Å². The monoisotopic (exact) mass is 308 g/mol. The van der Waals surface area contributed by atoms with Crippen molar-refractivity contribution in [1.29, 1.82) is 0 Å². The third kappa shape index (κ3) is 3.52. The summed E-state index contributed by atoms with van der Waals surface area (Å²) in [5, 5.41) is 11.9. The molecule has 1 heterocycles. The summed E-state index contributed by atoms with van der Waals surface area (Å²) in [5.74, 6) is 1.33. The van der Waals surface area contributed by atoms with Crippen molar-refractivity contribution in [1.82, 2.24) is 20.2 Å². The van der Waals surface area contributed by atoms with Gasteiger partial charge in [-0.05, 0) is 29.5 Å². The molecule has 0 radical (unpaired) electrons. The van der Waals surface area contributed by atoms with Crippen LogP contribution in [-0.2, 0) is 6.54 Å². The van der Waals surface area contributed by atoms with Crippen molar-refractivity contribution in [2.75, 3.05) is 20.0 Å². The minimum atomic E-state index is -0.0508. The minimum absolute atomic E-state index is 0.0508. The molecular weight excluding hydrogens is 292 g/mol. The number of methoxy groups -OCH3 is 2. The Kier molecular flexibility index (Phi) is 5.15. The fourth-order valence-electron chi connectivity index (χ4n) is 1.74. The normalized spacial score (nSPS) is 10.4. The Bertz CT molecular complexity index is 630. The number of rotatable bonds is 7. The zero-order valence-electron chi connectivity index (χ0n) is 12.1. The Hall–Kier alpha value is -2.09. The molecule has 8 heteroatoms. The molecule has 0 aliphatic carbocycles. The van der Waals surface area contributed by atoms with Crippen LogP contribution < -0.4 is 9.47 Å². The van der Waals surface area contributed by atoms with Crippen LogP contribution in [0.1, 0.15) is 17.3 Å². The number of hydrogen-bond donors (Lipinski definition) is 0. The topological polar surface area (TPSA) is 79.1 Å². The van der Waals surface area contributed by atoms with Gasteiger partial charge in [0.25, 0.3) is 0 Å². The van der Waals surface area contributed by atoms with E-state index in [4.69, 9.17) is 9.47 Å². The predicted octanol–water partition coefficient (Wildman–Crippen LogP) is 1.69. The number of tetrazole rings is 1. The largest absolute Gasteiger partial charge is 0.497 e. The number of thioether (sulfide) groups is 1. The van der Waals surface area contributed by atoms with E-state index in [0.29, 0.717) is 28.8 Å². The van der Waals surface area contributed by atoms with Crippen molar-refractivity contribution in [3.8, 4) is 11.5 Å². The molecule has 7 nitrogen and oxygen atoms in total. The van der Waals surface area contributed by atoms with Gasteiger partial charge in [-0.15, -0.1) is 5.10 Å². The van der Waals surface area contributed by atoms with Gasteiger partial charge in [0.15, 0.2) is 5.78 Å². The van der Waals surface area contributed by atoms with Crippen molar-refractivity contribution in [2.24, 2.45) is 0 Å². The lowest BCUT2D eigenvalue weighted by Gasteiger charge is -2.09. The quantitative estimate of drug-likeness (QED) is 0.569. The number of benzene rings is 1. The maximum Gasteiger partial charge on any atom is 0.209 e. The second kappa shape index (κ2) is 7.07. The van der Waals surface area contributed by atoms with Crippen LogP contribution in [0, 0.1) is 0 Å². The molecule has 0 atom stereocenters. The minimum Gasteiger partial charge on any atom is -0.497 e. The molecule has 0 fully saturated rings. The van der Waals surface area contributed by atoms with Crippen LogP contribution in [0.5, 0.6) is 11.5 Å². The molecule has 1 aromatic heterocycles. The first-order valence-electron chi connectivity index (χ1n) is 6.33. The van der Waals surface area contributed by atoms with Crippen LogP contribution in [0.3, 0.4) is 0 Å². The maximum absolute atomic E-state index is 12.3. The van der Waals surface area contributed by atoms with E-state index in [1.54, 1.807) is 30.0 Å². The Labute approximate surface area is 126 Å². The molecule has 21 heavy (non-hydrogen) atoms. The first-order chi connectivity index (χ1) is 10.2. The van der Waals surface area contributed by atoms with Crippen molar-refractivity contribution >= 4 is 17.5 Å².